The van der Waals surface area contributed by atoms with E-state index in [4.69, 9.17) is 9.15 Å². The number of benzene rings is 2. The van der Waals surface area contributed by atoms with Gasteiger partial charge in [-0.15, -0.1) is 0 Å². The van der Waals surface area contributed by atoms with Crippen molar-refractivity contribution in [1.82, 2.24) is 5.32 Å². The standard InChI is InChI=1S/C18H15F2NO3/c1-21-18(22)16-15-13(20)7-10(9-23-2)8-14(15)24-17(16)11-3-5-12(19)6-4-11/h3-8H,9H2,1-2H3,(H,21,22). The number of ether oxygens (including phenoxy) is 1. The highest BCUT2D eigenvalue weighted by Gasteiger charge is 2.24. The first-order valence-corrected chi connectivity index (χ1v) is 7.27. The highest BCUT2D eigenvalue weighted by Crippen LogP contribution is 2.36. The third kappa shape index (κ3) is 2.76. The molecule has 124 valence electrons. The Morgan fingerprint density at radius 3 is 2.54 bits per heavy atom. The van der Waals surface area contributed by atoms with Crippen molar-refractivity contribution < 1.29 is 22.7 Å². The first-order valence-electron chi connectivity index (χ1n) is 7.27. The van der Waals surface area contributed by atoms with Crippen molar-refractivity contribution >= 4 is 16.9 Å². The average Bonchev–Trinajstić information content (AvgIpc) is 2.95. The van der Waals surface area contributed by atoms with Gasteiger partial charge in [-0.3, -0.25) is 4.79 Å². The zero-order valence-electron chi connectivity index (χ0n) is 13.2. The third-order valence-corrected chi connectivity index (χ3v) is 3.67. The molecule has 0 saturated carbocycles. The Kier molecular flexibility index (Phi) is 4.31. The van der Waals surface area contributed by atoms with Crippen molar-refractivity contribution in [1.29, 1.82) is 0 Å². The zero-order valence-corrected chi connectivity index (χ0v) is 13.2. The molecule has 6 heteroatoms. The van der Waals surface area contributed by atoms with Gasteiger partial charge in [0.2, 0.25) is 0 Å². The van der Waals surface area contributed by atoms with Gasteiger partial charge in [0, 0.05) is 19.7 Å². The van der Waals surface area contributed by atoms with E-state index >= 15 is 0 Å². The quantitative estimate of drug-likeness (QED) is 0.789. The first kappa shape index (κ1) is 16.1. The Bertz CT molecular complexity index is 901. The second-order valence-electron chi connectivity index (χ2n) is 5.28. The number of fused-ring (bicyclic) bond motifs is 1. The maximum atomic E-state index is 14.6. The van der Waals surface area contributed by atoms with E-state index in [9.17, 15) is 13.6 Å². The lowest BCUT2D eigenvalue weighted by molar-refractivity contribution is 0.0964. The van der Waals surface area contributed by atoms with Crippen LogP contribution in [0.4, 0.5) is 8.78 Å². The molecular weight excluding hydrogens is 316 g/mol. The molecule has 1 aromatic heterocycles. The fourth-order valence-electron chi connectivity index (χ4n) is 2.63. The lowest BCUT2D eigenvalue weighted by Gasteiger charge is -2.03. The van der Waals surface area contributed by atoms with Gasteiger partial charge in [0.1, 0.15) is 23.0 Å². The molecule has 24 heavy (non-hydrogen) atoms. The molecule has 2 aromatic carbocycles. The van der Waals surface area contributed by atoms with Crippen LogP contribution >= 0.6 is 0 Å². The molecule has 0 atom stereocenters. The Hall–Kier alpha value is -2.73. The van der Waals surface area contributed by atoms with E-state index in [0.717, 1.165) is 0 Å². The van der Waals surface area contributed by atoms with Crippen molar-refractivity contribution in [2.75, 3.05) is 14.2 Å². The summed E-state index contributed by atoms with van der Waals surface area (Å²) in [7, 11) is 2.96. The van der Waals surface area contributed by atoms with Crippen LogP contribution in [0.15, 0.2) is 40.8 Å². The fraction of sp³-hybridized carbons (Fsp3) is 0.167. The van der Waals surface area contributed by atoms with Crippen molar-refractivity contribution in [3.8, 4) is 11.3 Å². The van der Waals surface area contributed by atoms with Crippen LogP contribution in [0.1, 0.15) is 15.9 Å². The Morgan fingerprint density at radius 2 is 1.92 bits per heavy atom. The maximum Gasteiger partial charge on any atom is 0.255 e. The van der Waals surface area contributed by atoms with Crippen LogP contribution in [-0.2, 0) is 11.3 Å². The minimum absolute atomic E-state index is 0.0839. The second-order valence-corrected chi connectivity index (χ2v) is 5.28. The van der Waals surface area contributed by atoms with Gasteiger partial charge in [0.05, 0.1) is 17.6 Å². The molecule has 1 amide bonds. The van der Waals surface area contributed by atoms with E-state index in [0.29, 0.717) is 11.1 Å². The molecule has 0 spiro atoms. The number of hydrogen-bond acceptors (Lipinski definition) is 3. The molecule has 0 aliphatic rings. The lowest BCUT2D eigenvalue weighted by atomic mass is 10.0. The minimum atomic E-state index is -0.574. The summed E-state index contributed by atoms with van der Waals surface area (Å²) in [5.74, 6) is -1.27. The molecule has 0 radical (unpaired) electrons. The van der Waals surface area contributed by atoms with Gasteiger partial charge >= 0.3 is 0 Å². The molecule has 3 rings (SSSR count). The summed E-state index contributed by atoms with van der Waals surface area (Å²) < 4.78 is 38.5. The molecule has 4 nitrogen and oxygen atoms in total. The number of carbonyl (C=O) groups is 1. The molecule has 0 unspecified atom stereocenters. The van der Waals surface area contributed by atoms with Crippen LogP contribution in [0.25, 0.3) is 22.3 Å². The Morgan fingerprint density at radius 1 is 1.21 bits per heavy atom. The highest BCUT2D eigenvalue weighted by atomic mass is 19.1. The molecular formula is C18H15F2NO3. The topological polar surface area (TPSA) is 51.5 Å². The van der Waals surface area contributed by atoms with Gasteiger partial charge < -0.3 is 14.5 Å². The summed E-state index contributed by atoms with van der Waals surface area (Å²) in [4.78, 5) is 12.3. The van der Waals surface area contributed by atoms with Gasteiger partial charge in [-0.05, 0) is 42.0 Å². The van der Waals surface area contributed by atoms with Crippen LogP contribution in [0.5, 0.6) is 0 Å². The lowest BCUT2D eigenvalue weighted by Crippen LogP contribution is -2.18. The summed E-state index contributed by atoms with van der Waals surface area (Å²) in [6, 6.07) is 8.40. The number of halogens is 2. The maximum absolute atomic E-state index is 14.6. The van der Waals surface area contributed by atoms with Crippen LogP contribution in [-0.4, -0.2) is 20.1 Å². The van der Waals surface area contributed by atoms with E-state index < -0.39 is 17.5 Å². The Balaban J connectivity index is 2.29. The third-order valence-electron chi connectivity index (χ3n) is 3.67. The zero-order chi connectivity index (χ0) is 17.3. The van der Waals surface area contributed by atoms with Gasteiger partial charge in [0.15, 0.2) is 0 Å². The van der Waals surface area contributed by atoms with E-state index in [-0.39, 0.29) is 28.9 Å². The summed E-state index contributed by atoms with van der Waals surface area (Å²) in [5, 5.41) is 2.57. The molecule has 3 aromatic rings. The van der Waals surface area contributed by atoms with Gasteiger partial charge in [-0.2, -0.15) is 0 Å². The number of rotatable bonds is 4. The second kappa shape index (κ2) is 6.41. The molecule has 0 saturated heterocycles. The molecule has 0 bridgehead atoms. The number of hydrogen-bond donors (Lipinski definition) is 1. The molecule has 0 aliphatic carbocycles. The number of carbonyl (C=O) groups excluding carboxylic acids is 1. The van der Waals surface area contributed by atoms with Crippen LogP contribution in [0.3, 0.4) is 0 Å². The van der Waals surface area contributed by atoms with Crippen molar-refractivity contribution in [2.24, 2.45) is 0 Å². The summed E-state index contributed by atoms with van der Waals surface area (Å²) in [5.41, 5.74) is 1.39. The molecule has 1 N–H and O–H groups in total. The number of methoxy groups -OCH3 is 1. The van der Waals surface area contributed by atoms with E-state index in [1.807, 2.05) is 0 Å². The Labute approximate surface area is 137 Å². The van der Waals surface area contributed by atoms with E-state index in [1.165, 1.54) is 44.5 Å². The van der Waals surface area contributed by atoms with E-state index in [1.54, 1.807) is 6.07 Å². The van der Waals surface area contributed by atoms with Crippen molar-refractivity contribution in [3.05, 3.63) is 59.2 Å². The molecule has 0 aliphatic heterocycles. The smallest absolute Gasteiger partial charge is 0.255 e. The number of amides is 1. The van der Waals surface area contributed by atoms with Crippen molar-refractivity contribution in [3.63, 3.8) is 0 Å². The summed E-state index contributed by atoms with van der Waals surface area (Å²) in [6.45, 7) is 0.217. The number of nitrogens with one attached hydrogen (secondary N) is 1. The number of furan rings is 1. The predicted octanol–water partition coefficient (Wildman–Crippen LogP) is 3.88. The minimum Gasteiger partial charge on any atom is -0.455 e. The van der Waals surface area contributed by atoms with Crippen LogP contribution < -0.4 is 5.32 Å². The first-order chi connectivity index (χ1) is 11.5. The summed E-state index contributed by atoms with van der Waals surface area (Å²) in [6.07, 6.45) is 0. The van der Waals surface area contributed by atoms with Crippen molar-refractivity contribution in [2.45, 2.75) is 6.61 Å². The molecule has 0 fully saturated rings. The monoisotopic (exact) mass is 331 g/mol. The van der Waals surface area contributed by atoms with Crippen LogP contribution in [0.2, 0.25) is 0 Å². The highest BCUT2D eigenvalue weighted by molar-refractivity contribution is 6.11. The SMILES string of the molecule is CNC(=O)c1c(-c2ccc(F)cc2)oc2cc(COC)cc(F)c12. The normalized spacial score (nSPS) is 11.0. The van der Waals surface area contributed by atoms with Crippen LogP contribution in [0, 0.1) is 11.6 Å². The van der Waals surface area contributed by atoms with Gasteiger partial charge in [0.25, 0.3) is 5.91 Å². The average molecular weight is 331 g/mol. The van der Waals surface area contributed by atoms with Gasteiger partial charge in [-0.1, -0.05) is 0 Å². The largest absolute Gasteiger partial charge is 0.455 e. The predicted molar refractivity (Wildman–Crippen MR) is 85.7 cm³/mol. The molecule has 1 heterocycles. The fourth-order valence-corrected chi connectivity index (χ4v) is 2.63. The van der Waals surface area contributed by atoms with Gasteiger partial charge in [-0.25, -0.2) is 8.78 Å². The summed E-state index contributed by atoms with van der Waals surface area (Å²) >= 11 is 0. The van der Waals surface area contributed by atoms with E-state index in [2.05, 4.69) is 5.32 Å².